The molecule has 0 atom stereocenters. The highest BCUT2D eigenvalue weighted by atomic mass is 19.1. The second-order valence-electron chi connectivity index (χ2n) is 5.29. The van der Waals surface area contributed by atoms with E-state index in [4.69, 9.17) is 0 Å². The summed E-state index contributed by atoms with van der Waals surface area (Å²) in [4.78, 5) is 11.5. The molecule has 0 saturated carbocycles. The maximum atomic E-state index is 13.3. The highest BCUT2D eigenvalue weighted by Crippen LogP contribution is 2.06. The van der Waals surface area contributed by atoms with Crippen LogP contribution >= 0.6 is 0 Å². The SMILES string of the molecule is CC(C)(C)NCC(=O)NCCc1ccccc1F. The average Bonchev–Trinajstić information content (AvgIpc) is 2.28. The van der Waals surface area contributed by atoms with Crippen LogP contribution in [0.25, 0.3) is 0 Å². The summed E-state index contributed by atoms with van der Waals surface area (Å²) in [6.45, 7) is 6.73. The Hall–Kier alpha value is -1.42. The van der Waals surface area contributed by atoms with Crippen molar-refractivity contribution in [3.05, 3.63) is 35.6 Å². The van der Waals surface area contributed by atoms with Gasteiger partial charge in [0.05, 0.1) is 6.54 Å². The maximum Gasteiger partial charge on any atom is 0.233 e. The van der Waals surface area contributed by atoms with E-state index in [2.05, 4.69) is 10.6 Å². The first kappa shape index (κ1) is 14.6. The Morgan fingerprint density at radius 3 is 2.56 bits per heavy atom. The fourth-order valence-corrected chi connectivity index (χ4v) is 1.45. The number of rotatable bonds is 5. The summed E-state index contributed by atoms with van der Waals surface area (Å²) in [5.74, 6) is -0.291. The van der Waals surface area contributed by atoms with Gasteiger partial charge in [-0.1, -0.05) is 18.2 Å². The van der Waals surface area contributed by atoms with Crippen molar-refractivity contribution in [2.45, 2.75) is 32.7 Å². The van der Waals surface area contributed by atoms with Crippen molar-refractivity contribution in [1.82, 2.24) is 10.6 Å². The van der Waals surface area contributed by atoms with Gasteiger partial charge in [0.25, 0.3) is 0 Å². The van der Waals surface area contributed by atoms with Gasteiger partial charge in [0.2, 0.25) is 5.91 Å². The van der Waals surface area contributed by atoms with Crippen molar-refractivity contribution in [3.63, 3.8) is 0 Å². The normalized spacial score (nSPS) is 11.3. The summed E-state index contributed by atoms with van der Waals surface area (Å²) in [5, 5.41) is 5.86. The van der Waals surface area contributed by atoms with Gasteiger partial charge in [-0.15, -0.1) is 0 Å². The number of halogens is 1. The lowest BCUT2D eigenvalue weighted by atomic mass is 10.1. The number of benzene rings is 1. The van der Waals surface area contributed by atoms with Crippen molar-refractivity contribution in [2.75, 3.05) is 13.1 Å². The first-order valence-electron chi connectivity index (χ1n) is 6.13. The number of hydrogen-bond acceptors (Lipinski definition) is 2. The van der Waals surface area contributed by atoms with E-state index in [1.807, 2.05) is 20.8 Å². The van der Waals surface area contributed by atoms with Crippen LogP contribution in [0.3, 0.4) is 0 Å². The number of nitrogens with one attached hydrogen (secondary N) is 2. The van der Waals surface area contributed by atoms with Crippen molar-refractivity contribution in [2.24, 2.45) is 0 Å². The molecule has 0 unspecified atom stereocenters. The Balaban J connectivity index is 2.26. The Morgan fingerprint density at radius 2 is 1.94 bits per heavy atom. The molecular weight excluding hydrogens is 231 g/mol. The summed E-state index contributed by atoms with van der Waals surface area (Å²) >= 11 is 0. The van der Waals surface area contributed by atoms with E-state index in [0.29, 0.717) is 18.5 Å². The summed E-state index contributed by atoms with van der Waals surface area (Å²) in [7, 11) is 0. The molecule has 0 fully saturated rings. The molecule has 1 rings (SSSR count). The van der Waals surface area contributed by atoms with E-state index in [0.717, 1.165) is 0 Å². The monoisotopic (exact) mass is 252 g/mol. The van der Waals surface area contributed by atoms with E-state index in [9.17, 15) is 9.18 Å². The third-order valence-corrected chi connectivity index (χ3v) is 2.45. The molecule has 0 spiro atoms. The van der Waals surface area contributed by atoms with Gasteiger partial charge in [-0.05, 0) is 38.8 Å². The van der Waals surface area contributed by atoms with Crippen molar-refractivity contribution in [1.29, 1.82) is 0 Å². The molecule has 1 amide bonds. The molecular formula is C14H21FN2O. The molecule has 2 N–H and O–H groups in total. The first-order chi connectivity index (χ1) is 8.38. The summed E-state index contributed by atoms with van der Waals surface area (Å²) in [5.41, 5.74) is 0.546. The van der Waals surface area contributed by atoms with Gasteiger partial charge in [-0.2, -0.15) is 0 Å². The fourth-order valence-electron chi connectivity index (χ4n) is 1.45. The Bertz CT molecular complexity index is 399. The largest absolute Gasteiger partial charge is 0.355 e. The van der Waals surface area contributed by atoms with Crippen LogP contribution in [0.4, 0.5) is 4.39 Å². The molecule has 0 bridgehead atoms. The number of carbonyl (C=O) groups excluding carboxylic acids is 1. The molecule has 100 valence electrons. The van der Waals surface area contributed by atoms with Gasteiger partial charge < -0.3 is 10.6 Å². The van der Waals surface area contributed by atoms with Crippen LogP contribution in [0.1, 0.15) is 26.3 Å². The van der Waals surface area contributed by atoms with Crippen LogP contribution in [0.2, 0.25) is 0 Å². The predicted octanol–water partition coefficient (Wildman–Crippen LogP) is 1.87. The highest BCUT2D eigenvalue weighted by molar-refractivity contribution is 5.78. The molecule has 0 aliphatic carbocycles. The van der Waals surface area contributed by atoms with E-state index in [-0.39, 0.29) is 23.8 Å². The lowest BCUT2D eigenvalue weighted by Gasteiger charge is -2.20. The number of hydrogen-bond donors (Lipinski definition) is 2. The molecule has 3 nitrogen and oxygen atoms in total. The average molecular weight is 252 g/mol. The third kappa shape index (κ3) is 5.77. The van der Waals surface area contributed by atoms with E-state index >= 15 is 0 Å². The molecule has 0 aromatic heterocycles. The van der Waals surface area contributed by atoms with Crippen LogP contribution in [-0.2, 0) is 11.2 Å². The second kappa shape index (κ2) is 6.50. The van der Waals surface area contributed by atoms with E-state index in [1.165, 1.54) is 6.07 Å². The summed E-state index contributed by atoms with van der Waals surface area (Å²) < 4.78 is 13.3. The lowest BCUT2D eigenvalue weighted by molar-refractivity contribution is -0.120. The molecule has 0 aliphatic heterocycles. The molecule has 1 aromatic carbocycles. The summed E-state index contributed by atoms with van der Waals surface area (Å²) in [6.07, 6.45) is 0.508. The second-order valence-corrected chi connectivity index (χ2v) is 5.29. The lowest BCUT2D eigenvalue weighted by Crippen LogP contribution is -2.43. The Labute approximate surface area is 108 Å². The number of amides is 1. The van der Waals surface area contributed by atoms with Crippen LogP contribution in [0, 0.1) is 5.82 Å². The molecule has 0 aliphatic rings. The minimum absolute atomic E-state index is 0.0683. The maximum absolute atomic E-state index is 13.3. The Kier molecular flexibility index (Phi) is 5.28. The van der Waals surface area contributed by atoms with Gasteiger partial charge in [-0.3, -0.25) is 4.79 Å². The quantitative estimate of drug-likeness (QED) is 0.840. The highest BCUT2D eigenvalue weighted by Gasteiger charge is 2.10. The van der Waals surface area contributed by atoms with Crippen molar-refractivity contribution < 1.29 is 9.18 Å². The van der Waals surface area contributed by atoms with Gasteiger partial charge in [0.15, 0.2) is 0 Å². The van der Waals surface area contributed by atoms with Gasteiger partial charge in [-0.25, -0.2) is 4.39 Å². The minimum Gasteiger partial charge on any atom is -0.355 e. The Morgan fingerprint density at radius 1 is 1.28 bits per heavy atom. The van der Waals surface area contributed by atoms with Gasteiger partial charge in [0.1, 0.15) is 5.82 Å². The fraction of sp³-hybridized carbons (Fsp3) is 0.500. The minimum atomic E-state index is -0.223. The standard InChI is InChI=1S/C14H21FN2O/c1-14(2,3)17-10-13(18)16-9-8-11-6-4-5-7-12(11)15/h4-7,17H,8-10H2,1-3H3,(H,16,18). The van der Waals surface area contributed by atoms with Crippen LogP contribution < -0.4 is 10.6 Å². The number of carbonyl (C=O) groups is 1. The van der Waals surface area contributed by atoms with Gasteiger partial charge in [0, 0.05) is 12.1 Å². The van der Waals surface area contributed by atoms with Crippen LogP contribution in [-0.4, -0.2) is 24.5 Å². The molecule has 4 heteroatoms. The zero-order valence-electron chi connectivity index (χ0n) is 11.2. The predicted molar refractivity (Wildman–Crippen MR) is 70.9 cm³/mol. The van der Waals surface area contributed by atoms with Crippen LogP contribution in [0.5, 0.6) is 0 Å². The zero-order valence-corrected chi connectivity index (χ0v) is 11.2. The molecule has 0 heterocycles. The topological polar surface area (TPSA) is 41.1 Å². The summed E-state index contributed by atoms with van der Waals surface area (Å²) in [6, 6.07) is 6.61. The van der Waals surface area contributed by atoms with Crippen molar-refractivity contribution >= 4 is 5.91 Å². The zero-order chi connectivity index (χ0) is 13.6. The first-order valence-corrected chi connectivity index (χ1v) is 6.13. The smallest absolute Gasteiger partial charge is 0.233 e. The van der Waals surface area contributed by atoms with Gasteiger partial charge >= 0.3 is 0 Å². The molecule has 0 radical (unpaired) electrons. The van der Waals surface area contributed by atoms with Crippen molar-refractivity contribution in [3.8, 4) is 0 Å². The van der Waals surface area contributed by atoms with Crippen LogP contribution in [0.15, 0.2) is 24.3 Å². The van der Waals surface area contributed by atoms with E-state index < -0.39 is 0 Å². The van der Waals surface area contributed by atoms with E-state index in [1.54, 1.807) is 18.2 Å². The molecule has 1 aromatic rings. The molecule has 18 heavy (non-hydrogen) atoms. The molecule has 0 saturated heterocycles. The third-order valence-electron chi connectivity index (χ3n) is 2.45.